The van der Waals surface area contributed by atoms with E-state index in [9.17, 15) is 14.9 Å². The van der Waals surface area contributed by atoms with Gasteiger partial charge >= 0.3 is 0 Å². The molecule has 2 aromatic carbocycles. The molecule has 0 N–H and O–H groups in total. The van der Waals surface area contributed by atoms with Gasteiger partial charge in [0.2, 0.25) is 0 Å². The van der Waals surface area contributed by atoms with Crippen molar-refractivity contribution in [3.05, 3.63) is 64.2 Å². The molecule has 0 radical (unpaired) electrons. The first kappa shape index (κ1) is 11.8. The van der Waals surface area contributed by atoms with Crippen LogP contribution < -0.4 is 4.74 Å². The standard InChI is InChI=1S/C13H9NO4/c15-9-10-6-7-12(8-13(10)14(16)17)18-11-4-2-1-3-5-11/h1-9H. The second-order valence-corrected chi connectivity index (χ2v) is 3.51. The summed E-state index contributed by atoms with van der Waals surface area (Å²) >= 11 is 0. The molecule has 0 fully saturated rings. The largest absolute Gasteiger partial charge is 0.457 e. The highest BCUT2D eigenvalue weighted by molar-refractivity contribution is 5.81. The number of hydrogen-bond donors (Lipinski definition) is 0. The minimum atomic E-state index is -0.610. The Kier molecular flexibility index (Phi) is 3.33. The summed E-state index contributed by atoms with van der Waals surface area (Å²) in [5.74, 6) is 0.893. The zero-order valence-corrected chi connectivity index (χ0v) is 9.28. The lowest BCUT2D eigenvalue weighted by molar-refractivity contribution is -0.385. The molecule has 0 aliphatic carbocycles. The number of hydrogen-bond acceptors (Lipinski definition) is 4. The minimum absolute atomic E-state index is 0.0282. The highest BCUT2D eigenvalue weighted by Crippen LogP contribution is 2.27. The average Bonchev–Trinajstić information content (AvgIpc) is 2.40. The number of rotatable bonds is 4. The van der Waals surface area contributed by atoms with Gasteiger partial charge in [-0.15, -0.1) is 0 Å². The maximum atomic E-state index is 10.8. The van der Waals surface area contributed by atoms with Gasteiger partial charge in [-0.05, 0) is 24.3 Å². The lowest BCUT2D eigenvalue weighted by atomic mass is 10.2. The van der Waals surface area contributed by atoms with Crippen molar-refractivity contribution in [3.8, 4) is 11.5 Å². The molecule has 0 saturated carbocycles. The smallest absolute Gasteiger partial charge is 0.283 e. The SMILES string of the molecule is O=Cc1ccc(Oc2ccccc2)cc1[N+](=O)[O-]. The second-order valence-electron chi connectivity index (χ2n) is 3.51. The predicted molar refractivity (Wildman–Crippen MR) is 65.0 cm³/mol. The van der Waals surface area contributed by atoms with Gasteiger partial charge in [0.1, 0.15) is 11.5 Å². The van der Waals surface area contributed by atoms with E-state index in [1.807, 2.05) is 6.07 Å². The molecule has 18 heavy (non-hydrogen) atoms. The zero-order valence-electron chi connectivity index (χ0n) is 9.28. The van der Waals surface area contributed by atoms with Crippen LogP contribution in [0.2, 0.25) is 0 Å². The van der Waals surface area contributed by atoms with E-state index >= 15 is 0 Å². The molecule has 90 valence electrons. The molecule has 0 atom stereocenters. The lowest BCUT2D eigenvalue weighted by Crippen LogP contribution is -1.95. The van der Waals surface area contributed by atoms with Crippen LogP contribution in [0.4, 0.5) is 5.69 Å². The van der Waals surface area contributed by atoms with Crippen LogP contribution in [0.5, 0.6) is 11.5 Å². The van der Waals surface area contributed by atoms with Crippen molar-refractivity contribution in [2.24, 2.45) is 0 Å². The Morgan fingerprint density at radius 1 is 1.06 bits per heavy atom. The normalized spacial score (nSPS) is 9.78. The summed E-state index contributed by atoms with van der Waals surface area (Å²) in [7, 11) is 0. The van der Waals surface area contributed by atoms with E-state index in [2.05, 4.69) is 0 Å². The molecule has 2 aromatic rings. The van der Waals surface area contributed by atoms with Gasteiger partial charge in [0.25, 0.3) is 5.69 Å². The van der Waals surface area contributed by atoms with Crippen LogP contribution in [0.1, 0.15) is 10.4 Å². The summed E-state index contributed by atoms with van der Waals surface area (Å²) in [5, 5.41) is 10.8. The van der Waals surface area contributed by atoms with Gasteiger partial charge in [-0.1, -0.05) is 18.2 Å². The van der Waals surface area contributed by atoms with E-state index < -0.39 is 4.92 Å². The third-order valence-corrected chi connectivity index (χ3v) is 2.30. The van der Waals surface area contributed by atoms with Gasteiger partial charge in [0.05, 0.1) is 16.6 Å². The van der Waals surface area contributed by atoms with Crippen LogP contribution in [0.25, 0.3) is 0 Å². The first-order valence-electron chi connectivity index (χ1n) is 5.17. The van der Waals surface area contributed by atoms with Crippen LogP contribution in [0, 0.1) is 10.1 Å². The molecule has 0 aliphatic heterocycles. The Bertz CT molecular complexity index is 581. The number of nitro groups is 1. The minimum Gasteiger partial charge on any atom is -0.457 e. The summed E-state index contributed by atoms with van der Waals surface area (Å²) in [6.45, 7) is 0. The topological polar surface area (TPSA) is 69.4 Å². The number of ether oxygens (including phenoxy) is 1. The first-order chi connectivity index (χ1) is 8.70. The Morgan fingerprint density at radius 2 is 1.78 bits per heavy atom. The number of benzene rings is 2. The molecule has 0 aromatic heterocycles. The Labute approximate surface area is 103 Å². The average molecular weight is 243 g/mol. The van der Waals surface area contributed by atoms with Crippen molar-refractivity contribution >= 4 is 12.0 Å². The van der Waals surface area contributed by atoms with E-state index in [0.29, 0.717) is 17.8 Å². The van der Waals surface area contributed by atoms with Crippen LogP contribution in [0.15, 0.2) is 48.5 Å². The van der Waals surface area contributed by atoms with Crippen molar-refractivity contribution in [2.45, 2.75) is 0 Å². The highest BCUT2D eigenvalue weighted by atomic mass is 16.6. The van der Waals surface area contributed by atoms with Crippen LogP contribution in [-0.2, 0) is 0 Å². The molecule has 0 aliphatic rings. The number of aldehydes is 1. The van der Waals surface area contributed by atoms with Crippen molar-refractivity contribution in [1.82, 2.24) is 0 Å². The third-order valence-electron chi connectivity index (χ3n) is 2.30. The van der Waals surface area contributed by atoms with Gasteiger partial charge in [0.15, 0.2) is 6.29 Å². The van der Waals surface area contributed by atoms with Crippen LogP contribution in [0.3, 0.4) is 0 Å². The molecule has 5 nitrogen and oxygen atoms in total. The van der Waals surface area contributed by atoms with E-state index in [1.54, 1.807) is 24.3 Å². The van der Waals surface area contributed by atoms with Crippen molar-refractivity contribution in [2.75, 3.05) is 0 Å². The fourth-order valence-corrected chi connectivity index (χ4v) is 1.47. The van der Waals surface area contributed by atoms with Gasteiger partial charge in [-0.2, -0.15) is 0 Å². The summed E-state index contributed by atoms with van der Waals surface area (Å²) < 4.78 is 5.45. The van der Waals surface area contributed by atoms with E-state index in [-0.39, 0.29) is 11.3 Å². The number of nitrogens with zero attached hydrogens (tertiary/aromatic N) is 1. The van der Waals surface area contributed by atoms with Gasteiger partial charge in [-0.25, -0.2) is 0 Å². The van der Waals surface area contributed by atoms with Gasteiger partial charge < -0.3 is 4.74 Å². The molecule has 0 amide bonds. The Morgan fingerprint density at radius 3 is 2.39 bits per heavy atom. The number of nitro benzene ring substituents is 1. The Balaban J connectivity index is 2.33. The lowest BCUT2D eigenvalue weighted by Gasteiger charge is -2.05. The quantitative estimate of drug-likeness (QED) is 0.469. The summed E-state index contributed by atoms with van der Waals surface area (Å²) in [4.78, 5) is 20.8. The molecule has 2 rings (SSSR count). The molecule has 0 bridgehead atoms. The van der Waals surface area contributed by atoms with Crippen molar-refractivity contribution < 1.29 is 14.5 Å². The predicted octanol–water partition coefficient (Wildman–Crippen LogP) is 3.20. The van der Waals surface area contributed by atoms with E-state index in [4.69, 9.17) is 4.74 Å². The fourth-order valence-electron chi connectivity index (χ4n) is 1.47. The highest BCUT2D eigenvalue weighted by Gasteiger charge is 2.14. The summed E-state index contributed by atoms with van der Waals surface area (Å²) in [6.07, 6.45) is 0.449. The van der Waals surface area contributed by atoms with Crippen molar-refractivity contribution in [1.29, 1.82) is 0 Å². The van der Waals surface area contributed by atoms with Gasteiger partial charge in [0, 0.05) is 0 Å². The van der Waals surface area contributed by atoms with E-state index in [1.165, 1.54) is 18.2 Å². The molecule has 5 heteroatoms. The molecule has 0 heterocycles. The van der Waals surface area contributed by atoms with E-state index in [0.717, 1.165) is 0 Å². The molecular weight excluding hydrogens is 234 g/mol. The number of para-hydroxylation sites is 1. The monoisotopic (exact) mass is 243 g/mol. The van der Waals surface area contributed by atoms with Crippen molar-refractivity contribution in [3.63, 3.8) is 0 Å². The summed E-state index contributed by atoms with van der Waals surface area (Å²) in [6, 6.07) is 13.0. The van der Waals surface area contributed by atoms with Crippen LogP contribution >= 0.6 is 0 Å². The van der Waals surface area contributed by atoms with Gasteiger partial charge in [-0.3, -0.25) is 14.9 Å². The molecule has 0 spiro atoms. The van der Waals surface area contributed by atoms with Crippen LogP contribution in [-0.4, -0.2) is 11.2 Å². The zero-order chi connectivity index (χ0) is 13.0. The second kappa shape index (κ2) is 5.09. The Hall–Kier alpha value is -2.69. The first-order valence-corrected chi connectivity index (χ1v) is 5.17. The molecule has 0 saturated heterocycles. The fraction of sp³-hybridized carbons (Fsp3) is 0. The maximum Gasteiger partial charge on any atom is 0.283 e. The number of carbonyl (C=O) groups is 1. The summed E-state index contributed by atoms with van der Waals surface area (Å²) in [5.41, 5.74) is -0.237. The third kappa shape index (κ3) is 2.52. The number of carbonyl (C=O) groups excluding carboxylic acids is 1. The maximum absolute atomic E-state index is 10.8. The molecule has 0 unspecified atom stereocenters. The molecular formula is C13H9NO4.